The highest BCUT2D eigenvalue weighted by Gasteiger charge is 2.49. The average Bonchev–Trinajstić information content (AvgIpc) is 3.46. The van der Waals surface area contributed by atoms with Crippen LogP contribution in [0.5, 0.6) is 11.5 Å². The summed E-state index contributed by atoms with van der Waals surface area (Å²) in [6, 6.07) is 5.93. The number of ketones is 3. The lowest BCUT2D eigenvalue weighted by molar-refractivity contribution is -0.257. The zero-order chi connectivity index (χ0) is 28.5. The van der Waals surface area contributed by atoms with Crippen molar-refractivity contribution in [2.24, 2.45) is 0 Å². The Hall–Kier alpha value is -3.15. The number of aliphatic hydroxyl groups excluding tert-OH is 1. The van der Waals surface area contributed by atoms with Crippen LogP contribution in [0.4, 0.5) is 0 Å². The van der Waals surface area contributed by atoms with Crippen molar-refractivity contribution < 1.29 is 44.3 Å². The fraction of sp³-hybridized carbons (Fsp3) is 0.500. The van der Waals surface area contributed by atoms with Gasteiger partial charge in [-0.05, 0) is 39.8 Å². The highest BCUT2D eigenvalue weighted by Crippen LogP contribution is 2.52. The van der Waals surface area contributed by atoms with E-state index in [1.54, 1.807) is 19.1 Å². The number of carbonyl (C=O) groups is 3. The minimum atomic E-state index is -1.95. The van der Waals surface area contributed by atoms with Crippen LogP contribution in [0.15, 0.2) is 24.3 Å². The number of aromatic hydroxyl groups is 2. The molecular formula is C30H33NO9. The summed E-state index contributed by atoms with van der Waals surface area (Å²) in [6.07, 6.45) is -1.60. The van der Waals surface area contributed by atoms with Crippen molar-refractivity contribution in [1.29, 1.82) is 0 Å². The van der Waals surface area contributed by atoms with Gasteiger partial charge in [0.05, 0.1) is 29.4 Å². The van der Waals surface area contributed by atoms with Gasteiger partial charge in [0.15, 0.2) is 23.6 Å². The molecule has 2 aromatic carbocycles. The van der Waals surface area contributed by atoms with E-state index in [9.17, 15) is 34.8 Å². The molecule has 6 atom stereocenters. The van der Waals surface area contributed by atoms with Crippen molar-refractivity contribution >= 4 is 17.3 Å². The molecule has 0 bridgehead atoms. The first-order valence-electron chi connectivity index (χ1n) is 13.8. The molecule has 40 heavy (non-hydrogen) atoms. The molecule has 0 unspecified atom stereocenters. The number of hydrogen-bond acceptors (Lipinski definition) is 10. The van der Waals surface area contributed by atoms with Crippen molar-refractivity contribution in [2.45, 2.75) is 82.2 Å². The van der Waals surface area contributed by atoms with Crippen molar-refractivity contribution in [2.75, 3.05) is 13.1 Å². The van der Waals surface area contributed by atoms with Crippen LogP contribution in [0.3, 0.4) is 0 Å². The Morgan fingerprint density at radius 2 is 1.65 bits per heavy atom. The van der Waals surface area contributed by atoms with E-state index in [1.165, 1.54) is 19.1 Å². The maximum absolute atomic E-state index is 13.5. The van der Waals surface area contributed by atoms with E-state index >= 15 is 0 Å². The van der Waals surface area contributed by atoms with Gasteiger partial charge in [0.25, 0.3) is 0 Å². The van der Waals surface area contributed by atoms with E-state index in [4.69, 9.17) is 9.47 Å². The molecule has 2 aliphatic carbocycles. The van der Waals surface area contributed by atoms with Crippen molar-refractivity contribution in [3.63, 3.8) is 0 Å². The minimum absolute atomic E-state index is 0.0225. The van der Waals surface area contributed by atoms with Gasteiger partial charge in [-0.3, -0.25) is 19.3 Å². The molecule has 212 valence electrons. The number of Topliss-reactive ketones (excluding diaryl/α,β-unsaturated/α-hetero) is 1. The monoisotopic (exact) mass is 551 g/mol. The molecule has 2 saturated heterocycles. The molecule has 2 heterocycles. The maximum atomic E-state index is 13.5. The number of nitrogens with zero attached hydrogens (tertiary/aromatic N) is 1. The van der Waals surface area contributed by atoms with Crippen LogP contribution in [-0.2, 0) is 20.7 Å². The number of rotatable bonds is 4. The Morgan fingerprint density at radius 3 is 2.25 bits per heavy atom. The van der Waals surface area contributed by atoms with E-state index in [0.29, 0.717) is 6.42 Å². The SMILES string of the molecule is CC(=O)[C@]1(O)Cc2c(O)c3c(c(O)c2[C@@H](O[C@@H]2C[C@@H](N4CCCC4)[C@@H](O)[C@@H](C)O2)C1)C(=O)c1ccccc1C3=O. The van der Waals surface area contributed by atoms with Crippen LogP contribution in [0, 0.1) is 0 Å². The highest BCUT2D eigenvalue weighted by molar-refractivity contribution is 6.30. The molecule has 0 spiro atoms. The van der Waals surface area contributed by atoms with Gasteiger partial charge >= 0.3 is 0 Å². The Labute approximate surface area is 231 Å². The molecule has 0 aromatic heterocycles. The summed E-state index contributed by atoms with van der Waals surface area (Å²) in [5.41, 5.74) is -2.42. The molecule has 4 N–H and O–H groups in total. The van der Waals surface area contributed by atoms with E-state index in [-0.39, 0.29) is 52.3 Å². The third-order valence-corrected chi connectivity index (χ3v) is 9.03. The molecule has 6 rings (SSSR count). The second kappa shape index (κ2) is 9.74. The molecular weight excluding hydrogens is 518 g/mol. The second-order valence-corrected chi connectivity index (χ2v) is 11.4. The number of phenolic OH excluding ortho intramolecular Hbond substituents is 2. The standard InChI is InChI=1S/C30H33NO9/c1-14-25(33)19(31-9-5-6-10-31)11-21(39-14)40-20-13-30(38,15(2)32)12-18-22(20)29(37)24-23(28(18)36)26(34)16-7-3-4-8-17(16)27(24)35/h3-4,7-8,14,19-21,25,33,36-38H,5-6,9-13H2,1-2H3/t14-,19-,20+,21-,25+,30+/m1/s1. The number of phenols is 2. The highest BCUT2D eigenvalue weighted by atomic mass is 16.7. The Kier molecular flexibility index (Phi) is 6.59. The number of benzene rings is 2. The van der Waals surface area contributed by atoms with E-state index < -0.39 is 59.1 Å². The second-order valence-electron chi connectivity index (χ2n) is 11.4. The predicted molar refractivity (Wildman–Crippen MR) is 140 cm³/mol. The lowest BCUT2D eigenvalue weighted by Gasteiger charge is -2.44. The van der Waals surface area contributed by atoms with Gasteiger partial charge in [0, 0.05) is 47.6 Å². The molecule has 10 nitrogen and oxygen atoms in total. The predicted octanol–water partition coefficient (Wildman–Crippen LogP) is 2.16. The molecule has 0 saturated carbocycles. The van der Waals surface area contributed by atoms with Crippen LogP contribution in [0.1, 0.15) is 88.6 Å². The quantitative estimate of drug-likeness (QED) is 0.355. The van der Waals surface area contributed by atoms with Crippen LogP contribution < -0.4 is 0 Å². The van der Waals surface area contributed by atoms with Gasteiger partial charge in [-0.1, -0.05) is 24.3 Å². The molecule has 0 radical (unpaired) electrons. The van der Waals surface area contributed by atoms with Gasteiger partial charge in [0.2, 0.25) is 0 Å². The van der Waals surface area contributed by atoms with E-state index in [1.807, 2.05) is 0 Å². The van der Waals surface area contributed by atoms with Crippen LogP contribution in [0.2, 0.25) is 0 Å². The van der Waals surface area contributed by atoms with Gasteiger partial charge < -0.3 is 29.9 Å². The normalized spacial score (nSPS) is 31.9. The van der Waals surface area contributed by atoms with Gasteiger partial charge in [-0.25, -0.2) is 0 Å². The van der Waals surface area contributed by atoms with Crippen molar-refractivity contribution in [1.82, 2.24) is 4.90 Å². The Morgan fingerprint density at radius 1 is 1.05 bits per heavy atom. The van der Waals surface area contributed by atoms with Gasteiger partial charge in [-0.15, -0.1) is 0 Å². The number of hydrogen-bond donors (Lipinski definition) is 4. The summed E-state index contributed by atoms with van der Waals surface area (Å²) >= 11 is 0. The summed E-state index contributed by atoms with van der Waals surface area (Å²) in [5, 5.41) is 45.1. The Bertz CT molecular complexity index is 1410. The number of carbonyl (C=O) groups excluding carboxylic acids is 3. The first kappa shape index (κ1) is 27.0. The van der Waals surface area contributed by atoms with E-state index in [0.717, 1.165) is 25.9 Å². The molecule has 10 heteroatoms. The minimum Gasteiger partial charge on any atom is -0.507 e. The summed E-state index contributed by atoms with van der Waals surface area (Å²) < 4.78 is 12.3. The number of likely N-dealkylation sites (tertiary alicyclic amines) is 1. The van der Waals surface area contributed by atoms with Gasteiger partial charge in [-0.2, -0.15) is 0 Å². The molecule has 0 amide bonds. The fourth-order valence-electron chi connectivity index (χ4n) is 6.80. The number of aliphatic hydroxyl groups is 2. The summed E-state index contributed by atoms with van der Waals surface area (Å²) in [7, 11) is 0. The van der Waals surface area contributed by atoms with Gasteiger partial charge in [0.1, 0.15) is 17.1 Å². The summed E-state index contributed by atoms with van der Waals surface area (Å²) in [6.45, 7) is 4.65. The van der Waals surface area contributed by atoms with Crippen LogP contribution >= 0.6 is 0 Å². The zero-order valence-electron chi connectivity index (χ0n) is 22.4. The molecule has 2 aliphatic heterocycles. The third-order valence-electron chi connectivity index (χ3n) is 9.03. The summed E-state index contributed by atoms with van der Waals surface area (Å²) in [5.74, 6) is -2.91. The molecule has 2 fully saturated rings. The summed E-state index contributed by atoms with van der Waals surface area (Å²) in [4.78, 5) is 41.7. The Balaban J connectivity index is 1.44. The first-order chi connectivity index (χ1) is 19.0. The largest absolute Gasteiger partial charge is 0.507 e. The van der Waals surface area contributed by atoms with Crippen molar-refractivity contribution in [3.05, 3.63) is 57.6 Å². The smallest absolute Gasteiger partial charge is 0.198 e. The number of ether oxygens (including phenoxy) is 2. The van der Waals surface area contributed by atoms with Crippen LogP contribution in [0.25, 0.3) is 0 Å². The van der Waals surface area contributed by atoms with E-state index in [2.05, 4.69) is 4.90 Å². The lowest BCUT2D eigenvalue weighted by atomic mass is 9.72. The topological polar surface area (TPSA) is 154 Å². The molecule has 4 aliphatic rings. The zero-order valence-corrected chi connectivity index (χ0v) is 22.4. The number of fused-ring (bicyclic) bond motifs is 3. The van der Waals surface area contributed by atoms with Crippen LogP contribution in [-0.4, -0.2) is 85.9 Å². The first-order valence-corrected chi connectivity index (χ1v) is 13.8. The average molecular weight is 552 g/mol. The fourth-order valence-corrected chi connectivity index (χ4v) is 6.80. The maximum Gasteiger partial charge on any atom is 0.198 e. The molecule has 2 aromatic rings. The third kappa shape index (κ3) is 4.09. The van der Waals surface area contributed by atoms with Crippen molar-refractivity contribution in [3.8, 4) is 11.5 Å². The lowest BCUT2D eigenvalue weighted by Crippen LogP contribution is -2.55.